The van der Waals surface area contributed by atoms with Gasteiger partial charge in [-0.1, -0.05) is 115 Å². The summed E-state index contributed by atoms with van der Waals surface area (Å²) in [5.41, 5.74) is 5.23. The second-order valence-corrected chi connectivity index (χ2v) is 12.4. The van der Waals surface area contributed by atoms with Gasteiger partial charge in [-0.05, 0) is 58.1 Å². The number of ether oxygens (including phenoxy) is 1. The average Bonchev–Trinajstić information content (AvgIpc) is 3.76. The number of para-hydroxylation sites is 1. The Morgan fingerprint density at radius 2 is 1.29 bits per heavy atom. The Bertz CT molecular complexity index is 2290. The Hall–Kier alpha value is -6.15. The lowest BCUT2D eigenvalue weighted by molar-refractivity contribution is -0.143. The largest absolute Gasteiger partial charge is 0.457 e. The highest BCUT2D eigenvalue weighted by Crippen LogP contribution is 2.35. The third-order valence-electron chi connectivity index (χ3n) is 8.99. The van der Waals surface area contributed by atoms with Gasteiger partial charge in [0.2, 0.25) is 0 Å². The maximum absolute atomic E-state index is 14.3. The summed E-state index contributed by atoms with van der Waals surface area (Å²) in [6.45, 7) is 0.161. The van der Waals surface area contributed by atoms with Crippen molar-refractivity contribution in [1.29, 1.82) is 0 Å². The maximum Gasteiger partial charge on any atom is 0.416 e. The molecule has 0 aliphatic carbocycles. The lowest BCUT2D eigenvalue weighted by Gasteiger charge is -2.19. The van der Waals surface area contributed by atoms with E-state index in [0.29, 0.717) is 28.9 Å². The van der Waals surface area contributed by atoms with E-state index in [1.54, 1.807) is 41.1 Å². The number of Topliss-reactive ketones (excluding diaryl/α,β-unsaturated/α-hetero) is 1. The van der Waals surface area contributed by atoms with E-state index < -0.39 is 30.2 Å². The molecule has 0 spiro atoms. The second-order valence-electron chi connectivity index (χ2n) is 12.4. The fraction of sp³-hybridized carbons (Fsp3) is 0.116. The molecule has 5 aromatic carbocycles. The molecule has 0 fully saturated rings. The van der Waals surface area contributed by atoms with Crippen LogP contribution in [0.2, 0.25) is 0 Å². The van der Waals surface area contributed by atoms with Gasteiger partial charge in [0, 0.05) is 47.6 Å². The predicted molar refractivity (Wildman–Crippen MR) is 191 cm³/mol. The standard InChI is InChI=1S/C43H33F3N2O3/c44-43(45,46)35-16-9-13-31(25-35)27-47-24-10-19-39(47)41(37-28-48(26-30-11-3-1-4-12-30)38-18-8-7-17-36(37)38)42(50)51-29-40(49)34-22-20-33(21-23-34)32-14-5-2-6-15-32/h1-25,28,41H,26-27,29H2. The summed E-state index contributed by atoms with van der Waals surface area (Å²) in [5.74, 6) is -1.98. The summed E-state index contributed by atoms with van der Waals surface area (Å²) in [6, 6.07) is 43.3. The number of ketones is 1. The third kappa shape index (κ3) is 7.40. The van der Waals surface area contributed by atoms with Crippen LogP contribution in [-0.4, -0.2) is 27.5 Å². The van der Waals surface area contributed by atoms with E-state index in [1.807, 2.05) is 103 Å². The van der Waals surface area contributed by atoms with Gasteiger partial charge in [0.05, 0.1) is 5.56 Å². The van der Waals surface area contributed by atoms with Gasteiger partial charge in [0.15, 0.2) is 12.4 Å². The predicted octanol–water partition coefficient (Wildman–Crippen LogP) is 9.78. The topological polar surface area (TPSA) is 53.2 Å². The summed E-state index contributed by atoms with van der Waals surface area (Å²) in [7, 11) is 0. The first-order valence-corrected chi connectivity index (χ1v) is 16.5. The van der Waals surface area contributed by atoms with Gasteiger partial charge >= 0.3 is 12.1 Å². The molecule has 0 aliphatic heterocycles. The van der Waals surface area contributed by atoms with Gasteiger partial charge in [-0.15, -0.1) is 0 Å². The molecule has 7 rings (SSSR count). The molecule has 8 heteroatoms. The van der Waals surface area contributed by atoms with Gasteiger partial charge < -0.3 is 13.9 Å². The Morgan fingerprint density at radius 1 is 0.647 bits per heavy atom. The molecule has 0 radical (unpaired) electrons. The molecule has 7 aromatic rings. The third-order valence-corrected chi connectivity index (χ3v) is 8.99. The first-order valence-electron chi connectivity index (χ1n) is 16.5. The van der Waals surface area contributed by atoms with E-state index in [-0.39, 0.29) is 12.3 Å². The van der Waals surface area contributed by atoms with Gasteiger partial charge in [-0.25, -0.2) is 0 Å². The minimum Gasteiger partial charge on any atom is -0.457 e. The number of fused-ring (bicyclic) bond motifs is 1. The van der Waals surface area contributed by atoms with Crippen LogP contribution in [0.5, 0.6) is 0 Å². The van der Waals surface area contributed by atoms with Crippen molar-refractivity contribution in [2.75, 3.05) is 6.61 Å². The van der Waals surface area contributed by atoms with Crippen LogP contribution in [0.15, 0.2) is 158 Å². The number of benzene rings is 5. The van der Waals surface area contributed by atoms with Crippen LogP contribution in [-0.2, 0) is 28.8 Å². The molecule has 0 saturated heterocycles. The van der Waals surface area contributed by atoms with Crippen LogP contribution < -0.4 is 0 Å². The molecule has 0 saturated carbocycles. The summed E-state index contributed by atoms with van der Waals surface area (Å²) in [4.78, 5) is 27.6. The van der Waals surface area contributed by atoms with Crippen molar-refractivity contribution in [2.45, 2.75) is 25.2 Å². The Kier molecular flexibility index (Phi) is 9.40. The zero-order valence-electron chi connectivity index (χ0n) is 27.5. The van der Waals surface area contributed by atoms with Crippen molar-refractivity contribution in [3.8, 4) is 11.1 Å². The molecule has 2 heterocycles. The fourth-order valence-corrected chi connectivity index (χ4v) is 6.48. The minimum atomic E-state index is -4.49. The van der Waals surface area contributed by atoms with Crippen LogP contribution in [0.4, 0.5) is 13.2 Å². The molecule has 1 atom stereocenters. The molecule has 2 aromatic heterocycles. The monoisotopic (exact) mass is 682 g/mol. The Labute approximate surface area is 293 Å². The van der Waals surface area contributed by atoms with E-state index in [2.05, 4.69) is 4.57 Å². The van der Waals surface area contributed by atoms with Crippen LogP contribution in [0.3, 0.4) is 0 Å². The number of aromatic nitrogens is 2. The number of carbonyl (C=O) groups is 2. The molecular formula is C43H33F3N2O3. The number of nitrogens with zero attached hydrogens (tertiary/aromatic N) is 2. The zero-order chi connectivity index (χ0) is 35.4. The van der Waals surface area contributed by atoms with E-state index >= 15 is 0 Å². The first kappa shape index (κ1) is 33.4. The number of halogens is 3. The summed E-state index contributed by atoms with van der Waals surface area (Å²) in [5, 5.41) is 0.824. The summed E-state index contributed by atoms with van der Waals surface area (Å²) >= 11 is 0. The van der Waals surface area contributed by atoms with Gasteiger partial charge in [-0.3, -0.25) is 9.59 Å². The SMILES string of the molecule is O=C(COC(=O)C(c1cn(Cc2ccccc2)c2ccccc12)c1cccn1Cc1cccc(C(F)(F)F)c1)c1ccc(-c2ccccc2)cc1. The second kappa shape index (κ2) is 14.4. The first-order chi connectivity index (χ1) is 24.7. The van der Waals surface area contributed by atoms with Crippen LogP contribution >= 0.6 is 0 Å². The highest BCUT2D eigenvalue weighted by molar-refractivity contribution is 5.99. The number of hydrogen-bond donors (Lipinski definition) is 0. The van der Waals surface area contributed by atoms with E-state index in [4.69, 9.17) is 4.74 Å². The normalized spacial score (nSPS) is 12.1. The van der Waals surface area contributed by atoms with Crippen molar-refractivity contribution < 1.29 is 27.5 Å². The number of carbonyl (C=O) groups excluding carboxylic acids is 2. The van der Waals surface area contributed by atoms with Crippen molar-refractivity contribution in [2.24, 2.45) is 0 Å². The highest BCUT2D eigenvalue weighted by Gasteiger charge is 2.32. The van der Waals surface area contributed by atoms with Crippen molar-refractivity contribution >= 4 is 22.7 Å². The zero-order valence-corrected chi connectivity index (χ0v) is 27.5. The molecule has 0 amide bonds. The molecule has 0 N–H and O–H groups in total. The Morgan fingerprint density at radius 3 is 2.04 bits per heavy atom. The van der Waals surface area contributed by atoms with Crippen LogP contribution in [0.1, 0.15) is 44.2 Å². The van der Waals surface area contributed by atoms with E-state index in [1.165, 1.54) is 6.07 Å². The van der Waals surface area contributed by atoms with Gasteiger partial charge in [0.1, 0.15) is 5.92 Å². The number of rotatable bonds is 11. The highest BCUT2D eigenvalue weighted by atomic mass is 19.4. The summed E-state index contributed by atoms with van der Waals surface area (Å²) in [6.07, 6.45) is -0.829. The van der Waals surface area contributed by atoms with Gasteiger partial charge in [-0.2, -0.15) is 13.2 Å². The smallest absolute Gasteiger partial charge is 0.416 e. The molecule has 0 aliphatic rings. The fourth-order valence-electron chi connectivity index (χ4n) is 6.48. The molecule has 1 unspecified atom stereocenters. The van der Waals surface area contributed by atoms with Crippen LogP contribution in [0.25, 0.3) is 22.0 Å². The molecule has 0 bridgehead atoms. The quantitative estimate of drug-likeness (QED) is 0.101. The van der Waals surface area contributed by atoms with Crippen LogP contribution in [0, 0.1) is 0 Å². The molecule has 51 heavy (non-hydrogen) atoms. The van der Waals surface area contributed by atoms with E-state index in [0.717, 1.165) is 39.7 Å². The molecule has 5 nitrogen and oxygen atoms in total. The van der Waals surface area contributed by atoms with Crippen molar-refractivity contribution in [1.82, 2.24) is 9.13 Å². The number of hydrogen-bond acceptors (Lipinski definition) is 3. The Balaban J connectivity index is 1.22. The molecule has 254 valence electrons. The van der Waals surface area contributed by atoms with Gasteiger partial charge in [0.25, 0.3) is 0 Å². The lowest BCUT2D eigenvalue weighted by atomic mass is 9.95. The molecular weight excluding hydrogens is 649 g/mol. The lowest BCUT2D eigenvalue weighted by Crippen LogP contribution is -2.23. The number of esters is 1. The summed E-state index contributed by atoms with van der Waals surface area (Å²) < 4.78 is 50.3. The van der Waals surface area contributed by atoms with Crippen molar-refractivity contribution in [3.63, 3.8) is 0 Å². The average molecular weight is 683 g/mol. The van der Waals surface area contributed by atoms with E-state index in [9.17, 15) is 22.8 Å². The van der Waals surface area contributed by atoms with Crippen molar-refractivity contribution in [3.05, 3.63) is 191 Å². The maximum atomic E-state index is 14.3. The minimum absolute atomic E-state index is 0.0887. The number of alkyl halides is 3.